The topological polar surface area (TPSA) is 74.0 Å². The van der Waals surface area contributed by atoms with Crippen LogP contribution in [0, 0.1) is 11.8 Å². The molecule has 0 unspecified atom stereocenters. The zero-order chi connectivity index (χ0) is 16.6. The van der Waals surface area contributed by atoms with Gasteiger partial charge in [-0.2, -0.15) is 10.2 Å². The summed E-state index contributed by atoms with van der Waals surface area (Å²) in [7, 11) is 3.69. The summed E-state index contributed by atoms with van der Waals surface area (Å²) in [6.45, 7) is 4.81. The molecule has 1 fully saturated rings. The number of aryl methyl sites for hydroxylation is 2. The number of nitrogens with zero attached hydrogens (tertiary/aromatic N) is 4. The Bertz CT molecular complexity index is 703. The summed E-state index contributed by atoms with van der Waals surface area (Å²) in [5, 5.41) is 11.6. The molecule has 7 heteroatoms. The van der Waals surface area contributed by atoms with Crippen molar-refractivity contribution >= 4 is 11.6 Å². The molecule has 1 aliphatic heterocycles. The van der Waals surface area contributed by atoms with Gasteiger partial charge in [0, 0.05) is 38.7 Å². The second kappa shape index (κ2) is 6.16. The van der Waals surface area contributed by atoms with Gasteiger partial charge in [-0.3, -0.25) is 14.2 Å². The van der Waals surface area contributed by atoms with Crippen molar-refractivity contribution < 1.29 is 9.53 Å². The van der Waals surface area contributed by atoms with Crippen molar-refractivity contribution in [2.24, 2.45) is 25.9 Å². The first kappa shape index (κ1) is 15.7. The quantitative estimate of drug-likeness (QED) is 0.933. The second-order valence-electron chi connectivity index (χ2n) is 6.43. The van der Waals surface area contributed by atoms with E-state index < -0.39 is 0 Å². The third-order valence-corrected chi connectivity index (χ3v) is 4.19. The monoisotopic (exact) mass is 317 g/mol. The number of ether oxygens (including phenoxy) is 1. The van der Waals surface area contributed by atoms with Crippen LogP contribution in [0.4, 0.5) is 5.69 Å². The molecule has 23 heavy (non-hydrogen) atoms. The fourth-order valence-electron chi connectivity index (χ4n) is 3.11. The van der Waals surface area contributed by atoms with Crippen molar-refractivity contribution in [2.75, 3.05) is 11.9 Å². The van der Waals surface area contributed by atoms with Gasteiger partial charge in [0.15, 0.2) is 0 Å². The number of hydrogen-bond acceptors (Lipinski definition) is 4. The van der Waals surface area contributed by atoms with E-state index >= 15 is 0 Å². The third kappa shape index (κ3) is 3.14. The van der Waals surface area contributed by atoms with Crippen molar-refractivity contribution in [2.45, 2.75) is 26.4 Å². The van der Waals surface area contributed by atoms with Crippen molar-refractivity contribution in [3.05, 3.63) is 18.6 Å². The highest BCUT2D eigenvalue weighted by atomic mass is 16.5. The number of hydrogen-bond donors (Lipinski definition) is 1. The largest absolute Gasteiger partial charge is 0.377 e. The van der Waals surface area contributed by atoms with Crippen molar-refractivity contribution in [3.63, 3.8) is 0 Å². The average molecular weight is 317 g/mol. The average Bonchev–Trinajstić information content (AvgIpc) is 3.18. The Morgan fingerprint density at radius 2 is 2.13 bits per heavy atom. The van der Waals surface area contributed by atoms with Gasteiger partial charge in [-0.1, -0.05) is 13.8 Å². The summed E-state index contributed by atoms with van der Waals surface area (Å²) in [5.41, 5.74) is 2.32. The summed E-state index contributed by atoms with van der Waals surface area (Å²) >= 11 is 0. The van der Waals surface area contributed by atoms with Crippen molar-refractivity contribution in [1.29, 1.82) is 0 Å². The van der Waals surface area contributed by atoms with E-state index in [1.54, 1.807) is 15.6 Å². The predicted molar refractivity (Wildman–Crippen MR) is 86.7 cm³/mol. The Morgan fingerprint density at radius 3 is 2.78 bits per heavy atom. The van der Waals surface area contributed by atoms with E-state index in [1.807, 2.05) is 26.5 Å². The van der Waals surface area contributed by atoms with Gasteiger partial charge < -0.3 is 10.1 Å². The van der Waals surface area contributed by atoms with Crippen LogP contribution in [-0.4, -0.2) is 38.2 Å². The van der Waals surface area contributed by atoms with Crippen LogP contribution < -0.4 is 5.32 Å². The molecule has 2 aromatic rings. The molecule has 2 atom stereocenters. The van der Waals surface area contributed by atoms with E-state index in [1.165, 1.54) is 0 Å². The third-order valence-electron chi connectivity index (χ3n) is 4.19. The molecule has 1 saturated heterocycles. The molecule has 1 N–H and O–H groups in total. The molecule has 0 spiro atoms. The van der Waals surface area contributed by atoms with Crippen LogP contribution in [0.2, 0.25) is 0 Å². The lowest BCUT2D eigenvalue weighted by molar-refractivity contribution is -0.122. The highest BCUT2D eigenvalue weighted by Crippen LogP contribution is 2.30. The van der Waals surface area contributed by atoms with E-state index in [4.69, 9.17) is 4.74 Å². The van der Waals surface area contributed by atoms with Gasteiger partial charge in [0.2, 0.25) is 5.91 Å². The lowest BCUT2D eigenvalue weighted by atomic mass is 9.92. The fraction of sp³-hybridized carbons (Fsp3) is 0.562. The molecule has 3 rings (SSSR count). The molecule has 1 amide bonds. The molecule has 0 bridgehead atoms. The predicted octanol–water partition coefficient (Wildman–Crippen LogP) is 1.82. The first-order chi connectivity index (χ1) is 11.0. The summed E-state index contributed by atoms with van der Waals surface area (Å²) in [4.78, 5) is 12.7. The number of carbonyl (C=O) groups is 1. The highest BCUT2D eigenvalue weighted by molar-refractivity contribution is 5.96. The van der Waals surface area contributed by atoms with Crippen molar-refractivity contribution in [3.8, 4) is 11.3 Å². The molecule has 124 valence electrons. The molecule has 1 aliphatic rings. The first-order valence-corrected chi connectivity index (χ1v) is 7.91. The van der Waals surface area contributed by atoms with E-state index in [0.717, 1.165) is 17.7 Å². The standard InChI is InChI=1S/C16H23N5O2/c1-10(2)15-12(5-6-23-15)16(22)18-13-9-21(4)19-14(13)11-7-17-20(3)8-11/h7-10,12,15H,5-6H2,1-4H3,(H,18,22)/t12-,15+/m0/s1. The number of anilines is 1. The van der Waals surface area contributed by atoms with Crippen LogP contribution in [0.3, 0.4) is 0 Å². The van der Waals surface area contributed by atoms with Gasteiger partial charge in [0.25, 0.3) is 0 Å². The lowest BCUT2D eigenvalue weighted by Crippen LogP contribution is -2.32. The van der Waals surface area contributed by atoms with E-state index in [9.17, 15) is 4.79 Å². The minimum Gasteiger partial charge on any atom is -0.377 e. The van der Waals surface area contributed by atoms with Gasteiger partial charge in [0.05, 0.1) is 23.9 Å². The zero-order valence-electron chi connectivity index (χ0n) is 14.0. The van der Waals surface area contributed by atoms with Gasteiger partial charge in [-0.15, -0.1) is 0 Å². The summed E-state index contributed by atoms with van der Waals surface area (Å²) < 4.78 is 9.13. The SMILES string of the molecule is CC(C)[C@H]1OCC[C@@H]1C(=O)Nc1cn(C)nc1-c1cnn(C)c1. The van der Waals surface area contributed by atoms with E-state index in [0.29, 0.717) is 18.2 Å². The fourth-order valence-corrected chi connectivity index (χ4v) is 3.11. The van der Waals surface area contributed by atoms with Crippen LogP contribution >= 0.6 is 0 Å². The Kier molecular flexibility index (Phi) is 4.21. The maximum Gasteiger partial charge on any atom is 0.230 e. The zero-order valence-corrected chi connectivity index (χ0v) is 14.0. The van der Waals surface area contributed by atoms with Crippen LogP contribution in [0.1, 0.15) is 20.3 Å². The number of amides is 1. The Hall–Kier alpha value is -2.15. The Labute approximate surface area is 135 Å². The van der Waals surface area contributed by atoms with Gasteiger partial charge in [-0.05, 0) is 12.3 Å². The number of nitrogens with one attached hydrogen (secondary N) is 1. The molecule has 0 aliphatic carbocycles. The summed E-state index contributed by atoms with van der Waals surface area (Å²) in [5.74, 6) is 0.205. The summed E-state index contributed by atoms with van der Waals surface area (Å²) in [6, 6.07) is 0. The lowest BCUT2D eigenvalue weighted by Gasteiger charge is -2.21. The van der Waals surface area contributed by atoms with Crippen LogP contribution in [0.25, 0.3) is 11.3 Å². The molecule has 3 heterocycles. The minimum atomic E-state index is -0.114. The summed E-state index contributed by atoms with van der Waals surface area (Å²) in [6.07, 6.45) is 6.19. The molecular weight excluding hydrogens is 294 g/mol. The molecule has 7 nitrogen and oxygen atoms in total. The Morgan fingerprint density at radius 1 is 1.35 bits per heavy atom. The normalized spacial score (nSPS) is 21.1. The number of rotatable bonds is 4. The Balaban J connectivity index is 1.82. The molecule has 0 aromatic carbocycles. The number of aromatic nitrogens is 4. The molecule has 0 saturated carbocycles. The molecule has 2 aromatic heterocycles. The van der Waals surface area contributed by atoms with E-state index in [-0.39, 0.29) is 17.9 Å². The molecular formula is C16H23N5O2. The maximum absolute atomic E-state index is 12.7. The highest BCUT2D eigenvalue weighted by Gasteiger charge is 2.36. The number of carbonyl (C=O) groups excluding carboxylic acids is 1. The van der Waals surface area contributed by atoms with Gasteiger partial charge in [-0.25, -0.2) is 0 Å². The van der Waals surface area contributed by atoms with Crippen LogP contribution in [0.15, 0.2) is 18.6 Å². The van der Waals surface area contributed by atoms with Crippen molar-refractivity contribution in [1.82, 2.24) is 19.6 Å². The molecule has 0 radical (unpaired) electrons. The van der Waals surface area contributed by atoms with Gasteiger partial charge in [0.1, 0.15) is 5.69 Å². The minimum absolute atomic E-state index is 0.000611. The van der Waals surface area contributed by atoms with Gasteiger partial charge >= 0.3 is 0 Å². The smallest absolute Gasteiger partial charge is 0.230 e. The second-order valence-corrected chi connectivity index (χ2v) is 6.43. The first-order valence-electron chi connectivity index (χ1n) is 7.91. The van der Waals surface area contributed by atoms with Crippen LogP contribution in [-0.2, 0) is 23.6 Å². The van der Waals surface area contributed by atoms with E-state index in [2.05, 4.69) is 29.4 Å². The maximum atomic E-state index is 12.7. The van der Waals surface area contributed by atoms with Crippen LogP contribution in [0.5, 0.6) is 0 Å².